The quantitative estimate of drug-likeness (QED) is 0.243. The van der Waals surface area contributed by atoms with Crippen LogP contribution in [0.25, 0.3) is 0 Å². The average Bonchev–Trinajstić information content (AvgIpc) is 2.80. The van der Waals surface area contributed by atoms with E-state index in [4.69, 9.17) is 4.74 Å². The number of aryl methyl sites for hydroxylation is 1. The maximum atomic E-state index is 14.2. The van der Waals surface area contributed by atoms with Crippen molar-refractivity contribution in [2.75, 3.05) is 6.61 Å². The van der Waals surface area contributed by atoms with Gasteiger partial charge in [-0.2, -0.15) is 4.39 Å². The van der Waals surface area contributed by atoms with Crippen molar-refractivity contribution in [1.29, 1.82) is 0 Å². The van der Waals surface area contributed by atoms with Crippen LogP contribution in [0.1, 0.15) is 90.0 Å². The number of unbranched alkanes of at least 4 members (excludes halogenated alkanes) is 2. The van der Waals surface area contributed by atoms with Gasteiger partial charge < -0.3 is 4.74 Å². The van der Waals surface area contributed by atoms with Crippen LogP contribution in [-0.4, -0.2) is 15.4 Å². The van der Waals surface area contributed by atoms with Crippen molar-refractivity contribution in [3.63, 3.8) is 0 Å². The van der Waals surface area contributed by atoms with Crippen molar-refractivity contribution in [3.05, 3.63) is 29.3 Å². The standard InChI is InChI=1S/C27H44F2OSi/c1-3-5-18-31-19-16-23(17-20-31)22-12-10-21(11-13-22)8-6-7-9-24-14-15-25(30-4-2)27(29)26(24)28/h14-15,21-23,31H,3-13,16-20H2,1-2H3. The van der Waals surface area contributed by atoms with E-state index in [1.54, 1.807) is 50.0 Å². The van der Waals surface area contributed by atoms with E-state index in [0.717, 1.165) is 30.6 Å². The van der Waals surface area contributed by atoms with Crippen molar-refractivity contribution >= 4 is 8.80 Å². The summed E-state index contributed by atoms with van der Waals surface area (Å²) in [6.45, 7) is 4.45. The van der Waals surface area contributed by atoms with Gasteiger partial charge in [0, 0.05) is 8.80 Å². The van der Waals surface area contributed by atoms with E-state index in [-0.39, 0.29) is 14.5 Å². The second kappa shape index (κ2) is 13.0. The van der Waals surface area contributed by atoms with Crippen LogP contribution in [0.5, 0.6) is 5.75 Å². The van der Waals surface area contributed by atoms with Crippen molar-refractivity contribution in [2.24, 2.45) is 17.8 Å². The number of halogens is 2. The maximum Gasteiger partial charge on any atom is 0.200 e. The van der Waals surface area contributed by atoms with Crippen LogP contribution < -0.4 is 4.74 Å². The summed E-state index contributed by atoms with van der Waals surface area (Å²) in [6.07, 6.45) is 15.5. The fourth-order valence-corrected chi connectivity index (χ4v) is 9.82. The molecule has 2 aliphatic rings. The first-order valence-electron chi connectivity index (χ1n) is 13.2. The molecule has 1 aliphatic carbocycles. The highest BCUT2D eigenvalue weighted by Gasteiger charge is 2.30. The summed E-state index contributed by atoms with van der Waals surface area (Å²) in [5, 5.41) is 0. The molecule has 176 valence electrons. The summed E-state index contributed by atoms with van der Waals surface area (Å²) in [6, 6.07) is 8.09. The molecule has 3 rings (SSSR count). The Kier molecular flexibility index (Phi) is 10.3. The third-order valence-corrected chi connectivity index (χ3v) is 11.7. The molecule has 2 fully saturated rings. The van der Waals surface area contributed by atoms with Gasteiger partial charge in [-0.05, 0) is 62.0 Å². The largest absolute Gasteiger partial charge is 0.491 e. The number of rotatable bonds is 11. The Morgan fingerprint density at radius 3 is 2.26 bits per heavy atom. The SMILES string of the molecule is CCCC[SiH]1CCC(C2CCC(CCCCc3ccc(OCC)c(F)c3F)CC2)CC1. The monoisotopic (exact) mass is 450 g/mol. The third-order valence-electron chi connectivity index (χ3n) is 8.15. The molecule has 1 heterocycles. The van der Waals surface area contributed by atoms with Gasteiger partial charge in [0.2, 0.25) is 5.82 Å². The topological polar surface area (TPSA) is 9.23 Å². The van der Waals surface area contributed by atoms with Gasteiger partial charge in [0.15, 0.2) is 11.6 Å². The molecule has 0 amide bonds. The van der Waals surface area contributed by atoms with Gasteiger partial charge >= 0.3 is 0 Å². The molecule has 1 aromatic carbocycles. The van der Waals surface area contributed by atoms with Crippen LogP contribution in [-0.2, 0) is 6.42 Å². The Labute approximate surface area is 191 Å². The van der Waals surface area contributed by atoms with Crippen LogP contribution in [0.2, 0.25) is 18.1 Å². The molecule has 1 aliphatic heterocycles. The van der Waals surface area contributed by atoms with Crippen LogP contribution in [0, 0.1) is 29.4 Å². The molecule has 31 heavy (non-hydrogen) atoms. The van der Waals surface area contributed by atoms with E-state index in [2.05, 4.69) is 6.92 Å². The summed E-state index contributed by atoms with van der Waals surface area (Å²) in [5.41, 5.74) is 0.489. The lowest BCUT2D eigenvalue weighted by Gasteiger charge is -2.37. The lowest BCUT2D eigenvalue weighted by atomic mass is 9.73. The minimum Gasteiger partial charge on any atom is -0.491 e. The summed E-state index contributed by atoms with van der Waals surface area (Å²) in [5.74, 6) is 1.35. The first-order valence-corrected chi connectivity index (χ1v) is 15.7. The van der Waals surface area contributed by atoms with Crippen molar-refractivity contribution < 1.29 is 13.5 Å². The van der Waals surface area contributed by atoms with Crippen molar-refractivity contribution in [1.82, 2.24) is 0 Å². The van der Waals surface area contributed by atoms with E-state index in [1.165, 1.54) is 44.9 Å². The van der Waals surface area contributed by atoms with Gasteiger partial charge in [0.05, 0.1) is 6.61 Å². The molecular formula is C27H44F2OSi. The molecule has 0 aromatic heterocycles. The maximum absolute atomic E-state index is 14.2. The van der Waals surface area contributed by atoms with E-state index < -0.39 is 11.6 Å². The number of hydrogen-bond acceptors (Lipinski definition) is 1. The highest BCUT2D eigenvalue weighted by Crippen LogP contribution is 2.42. The van der Waals surface area contributed by atoms with Crippen molar-refractivity contribution in [3.8, 4) is 5.75 Å². The van der Waals surface area contributed by atoms with Crippen LogP contribution in [0.4, 0.5) is 8.78 Å². The molecule has 0 radical (unpaired) electrons. The minimum atomic E-state index is -0.834. The molecule has 1 nitrogen and oxygen atoms in total. The second-order valence-corrected chi connectivity index (χ2v) is 13.7. The van der Waals surface area contributed by atoms with E-state index in [0.29, 0.717) is 18.6 Å². The average molecular weight is 451 g/mol. The normalized spacial score (nSPS) is 26.7. The van der Waals surface area contributed by atoms with E-state index >= 15 is 0 Å². The molecule has 1 saturated carbocycles. The lowest BCUT2D eigenvalue weighted by Crippen LogP contribution is -2.28. The summed E-state index contributed by atoms with van der Waals surface area (Å²) >= 11 is 0. The molecule has 0 unspecified atom stereocenters. The summed E-state index contributed by atoms with van der Waals surface area (Å²) in [4.78, 5) is 0. The first-order chi connectivity index (χ1) is 15.1. The molecule has 4 heteroatoms. The molecule has 0 atom stereocenters. The van der Waals surface area contributed by atoms with Gasteiger partial charge in [0.25, 0.3) is 0 Å². The van der Waals surface area contributed by atoms with Gasteiger partial charge in [-0.1, -0.05) is 82.5 Å². The summed E-state index contributed by atoms with van der Waals surface area (Å²) < 4.78 is 33.4. The number of benzene rings is 1. The van der Waals surface area contributed by atoms with Gasteiger partial charge in [-0.15, -0.1) is 0 Å². The van der Waals surface area contributed by atoms with Crippen molar-refractivity contribution in [2.45, 2.75) is 109 Å². The Bertz CT molecular complexity index is 649. The first kappa shape index (κ1) is 24.7. The van der Waals surface area contributed by atoms with Crippen LogP contribution in [0.3, 0.4) is 0 Å². The Morgan fingerprint density at radius 2 is 1.58 bits per heavy atom. The Morgan fingerprint density at radius 1 is 0.871 bits per heavy atom. The highest BCUT2D eigenvalue weighted by molar-refractivity contribution is 6.58. The van der Waals surface area contributed by atoms with Gasteiger partial charge in [-0.3, -0.25) is 0 Å². The van der Waals surface area contributed by atoms with Crippen LogP contribution >= 0.6 is 0 Å². The Hall–Kier alpha value is -0.903. The third kappa shape index (κ3) is 7.30. The van der Waals surface area contributed by atoms with E-state index in [9.17, 15) is 8.78 Å². The zero-order valence-corrected chi connectivity index (χ0v) is 21.1. The lowest BCUT2D eigenvalue weighted by molar-refractivity contribution is 0.184. The smallest absolute Gasteiger partial charge is 0.200 e. The molecular weight excluding hydrogens is 406 g/mol. The fourth-order valence-electron chi connectivity index (χ4n) is 6.17. The molecule has 0 N–H and O–H groups in total. The van der Waals surface area contributed by atoms with Gasteiger partial charge in [-0.25, -0.2) is 4.39 Å². The molecule has 1 aromatic rings. The molecule has 0 bridgehead atoms. The zero-order valence-electron chi connectivity index (χ0n) is 19.9. The fraction of sp³-hybridized carbons (Fsp3) is 0.778. The number of ether oxygens (including phenoxy) is 1. The van der Waals surface area contributed by atoms with E-state index in [1.807, 2.05) is 0 Å². The van der Waals surface area contributed by atoms with Gasteiger partial charge in [0.1, 0.15) is 0 Å². The highest BCUT2D eigenvalue weighted by atomic mass is 28.3. The molecule has 0 spiro atoms. The van der Waals surface area contributed by atoms with Crippen LogP contribution in [0.15, 0.2) is 12.1 Å². The Balaban J connectivity index is 1.31. The number of hydrogen-bond donors (Lipinski definition) is 0. The minimum absolute atomic E-state index is 0.0253. The predicted octanol–water partition coefficient (Wildman–Crippen LogP) is 8.32. The summed E-state index contributed by atoms with van der Waals surface area (Å²) in [7, 11) is -0.365. The molecule has 1 saturated heterocycles. The predicted molar refractivity (Wildman–Crippen MR) is 130 cm³/mol. The zero-order chi connectivity index (χ0) is 22.1. The second-order valence-electron chi connectivity index (χ2n) is 10.2.